The van der Waals surface area contributed by atoms with E-state index in [-0.39, 0.29) is 5.91 Å². The van der Waals surface area contributed by atoms with Crippen LogP contribution < -0.4 is 0 Å². The number of amides is 1. The Morgan fingerprint density at radius 3 is 2.67 bits per heavy atom. The number of pyridine rings is 1. The van der Waals surface area contributed by atoms with Gasteiger partial charge in [0.05, 0.1) is 4.88 Å². The highest BCUT2D eigenvalue weighted by molar-refractivity contribution is 7.12. The standard InChI is InChI=1S/C16H19N3OS/c20-16(15-5-3-13-21-15)19-11-9-18(10-12-19)8-6-14-4-1-2-7-17-14/h1-5,7,13H,6,8-12H2. The predicted molar refractivity (Wildman–Crippen MR) is 84.6 cm³/mol. The van der Waals surface area contributed by atoms with E-state index in [0.717, 1.165) is 49.7 Å². The van der Waals surface area contributed by atoms with E-state index in [1.165, 1.54) is 11.3 Å². The zero-order valence-electron chi connectivity index (χ0n) is 11.9. The van der Waals surface area contributed by atoms with Crippen LogP contribution in [0.4, 0.5) is 0 Å². The molecular weight excluding hydrogens is 282 g/mol. The molecule has 1 aliphatic heterocycles. The van der Waals surface area contributed by atoms with Gasteiger partial charge in [0, 0.05) is 51.0 Å². The Hall–Kier alpha value is -1.72. The predicted octanol–water partition coefficient (Wildman–Crippen LogP) is 2.14. The summed E-state index contributed by atoms with van der Waals surface area (Å²) in [6.07, 6.45) is 2.81. The van der Waals surface area contributed by atoms with Crippen molar-refractivity contribution in [2.24, 2.45) is 0 Å². The number of piperazine rings is 1. The Labute approximate surface area is 129 Å². The SMILES string of the molecule is O=C(c1cccs1)N1CCN(CCc2ccccn2)CC1. The Bertz CT molecular complexity index is 562. The van der Waals surface area contributed by atoms with E-state index >= 15 is 0 Å². The van der Waals surface area contributed by atoms with Gasteiger partial charge in [0.2, 0.25) is 0 Å². The van der Waals surface area contributed by atoms with Crippen LogP contribution in [0.1, 0.15) is 15.4 Å². The van der Waals surface area contributed by atoms with Gasteiger partial charge in [-0.1, -0.05) is 12.1 Å². The molecule has 0 unspecified atom stereocenters. The largest absolute Gasteiger partial charge is 0.335 e. The summed E-state index contributed by atoms with van der Waals surface area (Å²) in [5.74, 6) is 0.175. The number of carbonyl (C=O) groups excluding carboxylic acids is 1. The molecular formula is C16H19N3OS. The fourth-order valence-electron chi connectivity index (χ4n) is 2.55. The highest BCUT2D eigenvalue weighted by Gasteiger charge is 2.22. The lowest BCUT2D eigenvalue weighted by Gasteiger charge is -2.34. The van der Waals surface area contributed by atoms with Crippen molar-refractivity contribution in [1.82, 2.24) is 14.8 Å². The number of rotatable bonds is 4. The molecule has 0 atom stereocenters. The van der Waals surface area contributed by atoms with E-state index in [9.17, 15) is 4.79 Å². The van der Waals surface area contributed by atoms with Gasteiger partial charge in [-0.05, 0) is 23.6 Å². The first kappa shape index (κ1) is 14.2. The molecule has 0 radical (unpaired) electrons. The second-order valence-corrected chi connectivity index (χ2v) is 6.13. The summed E-state index contributed by atoms with van der Waals surface area (Å²) in [5.41, 5.74) is 1.13. The van der Waals surface area contributed by atoms with Crippen LogP contribution in [-0.4, -0.2) is 53.4 Å². The lowest BCUT2D eigenvalue weighted by Crippen LogP contribution is -2.49. The van der Waals surface area contributed by atoms with Gasteiger partial charge in [0.1, 0.15) is 0 Å². The quantitative estimate of drug-likeness (QED) is 0.868. The van der Waals surface area contributed by atoms with Gasteiger partial charge in [-0.15, -0.1) is 11.3 Å². The summed E-state index contributed by atoms with van der Waals surface area (Å²) in [6.45, 7) is 4.55. The third kappa shape index (κ3) is 3.68. The molecule has 1 amide bonds. The number of nitrogens with zero attached hydrogens (tertiary/aromatic N) is 3. The molecule has 4 nitrogen and oxygen atoms in total. The van der Waals surface area contributed by atoms with Crippen LogP contribution in [0.2, 0.25) is 0 Å². The minimum absolute atomic E-state index is 0.175. The third-order valence-corrected chi connectivity index (χ3v) is 4.66. The van der Waals surface area contributed by atoms with Crippen molar-refractivity contribution in [3.63, 3.8) is 0 Å². The van der Waals surface area contributed by atoms with Crippen LogP contribution >= 0.6 is 11.3 Å². The molecule has 0 spiro atoms. The van der Waals surface area contributed by atoms with Gasteiger partial charge in [-0.25, -0.2) is 0 Å². The van der Waals surface area contributed by atoms with E-state index in [1.54, 1.807) is 0 Å². The highest BCUT2D eigenvalue weighted by atomic mass is 32.1. The topological polar surface area (TPSA) is 36.4 Å². The molecule has 0 saturated carbocycles. The second kappa shape index (κ2) is 6.83. The van der Waals surface area contributed by atoms with Gasteiger partial charge >= 0.3 is 0 Å². The molecule has 3 heterocycles. The molecule has 1 saturated heterocycles. The summed E-state index contributed by atoms with van der Waals surface area (Å²) in [5, 5.41) is 1.95. The van der Waals surface area contributed by atoms with Gasteiger partial charge in [0.25, 0.3) is 5.91 Å². The molecule has 0 aromatic carbocycles. The normalized spacial score (nSPS) is 16.1. The van der Waals surface area contributed by atoms with Crippen LogP contribution in [0.3, 0.4) is 0 Å². The van der Waals surface area contributed by atoms with Crippen molar-refractivity contribution in [3.8, 4) is 0 Å². The van der Waals surface area contributed by atoms with Crippen molar-refractivity contribution in [2.45, 2.75) is 6.42 Å². The van der Waals surface area contributed by atoms with Crippen LogP contribution in [0.5, 0.6) is 0 Å². The van der Waals surface area contributed by atoms with Crippen molar-refractivity contribution in [2.75, 3.05) is 32.7 Å². The van der Waals surface area contributed by atoms with Crippen LogP contribution in [0.15, 0.2) is 41.9 Å². The fraction of sp³-hybridized carbons (Fsp3) is 0.375. The maximum absolute atomic E-state index is 12.3. The lowest BCUT2D eigenvalue weighted by molar-refractivity contribution is 0.0643. The Kier molecular flexibility index (Phi) is 4.62. The first-order chi connectivity index (χ1) is 10.3. The minimum Gasteiger partial charge on any atom is -0.335 e. The average Bonchev–Trinajstić information content (AvgIpc) is 3.08. The number of hydrogen-bond donors (Lipinski definition) is 0. The Morgan fingerprint density at radius 1 is 1.14 bits per heavy atom. The smallest absolute Gasteiger partial charge is 0.264 e. The molecule has 5 heteroatoms. The van der Waals surface area contributed by atoms with E-state index in [2.05, 4.69) is 16.0 Å². The lowest BCUT2D eigenvalue weighted by atomic mass is 10.2. The number of thiophene rings is 1. The van der Waals surface area contributed by atoms with Crippen molar-refractivity contribution >= 4 is 17.2 Å². The monoisotopic (exact) mass is 301 g/mol. The van der Waals surface area contributed by atoms with Gasteiger partial charge < -0.3 is 4.90 Å². The zero-order chi connectivity index (χ0) is 14.5. The maximum atomic E-state index is 12.3. The molecule has 3 rings (SSSR count). The zero-order valence-corrected chi connectivity index (χ0v) is 12.8. The molecule has 2 aromatic rings. The maximum Gasteiger partial charge on any atom is 0.264 e. The first-order valence-electron chi connectivity index (χ1n) is 7.28. The minimum atomic E-state index is 0.175. The highest BCUT2D eigenvalue weighted by Crippen LogP contribution is 2.14. The molecule has 0 bridgehead atoms. The molecule has 110 valence electrons. The molecule has 0 N–H and O–H groups in total. The van der Waals surface area contributed by atoms with Crippen LogP contribution in [0, 0.1) is 0 Å². The summed E-state index contributed by atoms with van der Waals surface area (Å²) in [6, 6.07) is 9.87. The van der Waals surface area contributed by atoms with Crippen molar-refractivity contribution in [3.05, 3.63) is 52.5 Å². The number of carbonyl (C=O) groups is 1. The average molecular weight is 301 g/mol. The second-order valence-electron chi connectivity index (χ2n) is 5.18. The summed E-state index contributed by atoms with van der Waals surface area (Å²) in [7, 11) is 0. The van der Waals surface area contributed by atoms with Gasteiger partial charge in [0.15, 0.2) is 0 Å². The van der Waals surface area contributed by atoms with E-state index in [1.807, 2.05) is 40.7 Å². The van der Waals surface area contributed by atoms with Gasteiger partial charge in [-0.3, -0.25) is 14.7 Å². The molecule has 2 aromatic heterocycles. The molecule has 21 heavy (non-hydrogen) atoms. The molecule has 1 fully saturated rings. The van der Waals surface area contributed by atoms with E-state index in [4.69, 9.17) is 0 Å². The summed E-state index contributed by atoms with van der Waals surface area (Å²) >= 11 is 1.52. The Balaban J connectivity index is 1.46. The summed E-state index contributed by atoms with van der Waals surface area (Å²) in [4.78, 5) is 21.8. The fourth-order valence-corrected chi connectivity index (χ4v) is 3.24. The van der Waals surface area contributed by atoms with Crippen LogP contribution in [-0.2, 0) is 6.42 Å². The van der Waals surface area contributed by atoms with E-state index < -0.39 is 0 Å². The van der Waals surface area contributed by atoms with Crippen molar-refractivity contribution in [1.29, 1.82) is 0 Å². The Morgan fingerprint density at radius 2 is 2.00 bits per heavy atom. The van der Waals surface area contributed by atoms with Gasteiger partial charge in [-0.2, -0.15) is 0 Å². The first-order valence-corrected chi connectivity index (χ1v) is 8.16. The van der Waals surface area contributed by atoms with E-state index in [0.29, 0.717) is 0 Å². The van der Waals surface area contributed by atoms with Crippen LogP contribution in [0.25, 0.3) is 0 Å². The number of hydrogen-bond acceptors (Lipinski definition) is 4. The van der Waals surface area contributed by atoms with Crippen molar-refractivity contribution < 1.29 is 4.79 Å². The summed E-state index contributed by atoms with van der Waals surface area (Å²) < 4.78 is 0. The third-order valence-electron chi connectivity index (χ3n) is 3.80. The molecule has 1 aliphatic rings. The molecule has 0 aliphatic carbocycles. The number of aromatic nitrogens is 1.